The molecule has 1 atom stereocenters. The molecule has 0 unspecified atom stereocenters. The maximum atomic E-state index is 11.6. The number of anilines is 1. The van der Waals surface area contributed by atoms with Crippen LogP contribution in [0.15, 0.2) is 29.6 Å². The van der Waals surface area contributed by atoms with Gasteiger partial charge in [-0.3, -0.25) is 0 Å². The van der Waals surface area contributed by atoms with E-state index >= 15 is 0 Å². The van der Waals surface area contributed by atoms with Crippen molar-refractivity contribution in [3.05, 3.63) is 29.6 Å². The monoisotopic (exact) mass is 294 g/mol. The number of carboxylic acid groups (broad SMARTS) is 1. The second-order valence-electron chi connectivity index (χ2n) is 4.20. The summed E-state index contributed by atoms with van der Waals surface area (Å²) in [5, 5.41) is 25.7. The summed E-state index contributed by atoms with van der Waals surface area (Å²) in [6.07, 6.45) is -1.50. The number of urea groups is 1. The number of benzene rings is 1. The largest absolute Gasteiger partial charge is 0.479 e. The van der Waals surface area contributed by atoms with Crippen molar-refractivity contribution >= 4 is 39.1 Å². The van der Waals surface area contributed by atoms with Gasteiger partial charge in [-0.2, -0.15) is 0 Å². The first-order valence-electron chi connectivity index (χ1n) is 5.99. The van der Waals surface area contributed by atoms with Gasteiger partial charge in [-0.15, -0.1) is 11.3 Å². The molecule has 4 N–H and O–H groups in total. The summed E-state index contributed by atoms with van der Waals surface area (Å²) in [6.45, 7) is 0.0833. The minimum Gasteiger partial charge on any atom is -0.479 e. The maximum absolute atomic E-state index is 11.6. The molecule has 20 heavy (non-hydrogen) atoms. The molecular weight excluding hydrogens is 280 g/mol. The van der Waals surface area contributed by atoms with Crippen LogP contribution in [0.5, 0.6) is 0 Å². The van der Waals surface area contributed by atoms with Gasteiger partial charge < -0.3 is 20.8 Å². The fourth-order valence-electron chi connectivity index (χ4n) is 1.67. The van der Waals surface area contributed by atoms with Crippen molar-refractivity contribution in [3.8, 4) is 0 Å². The Morgan fingerprint density at radius 2 is 2.10 bits per heavy atom. The number of fused-ring (bicyclic) bond motifs is 1. The molecule has 1 aromatic carbocycles. The summed E-state index contributed by atoms with van der Waals surface area (Å²) < 4.78 is 1.14. The highest BCUT2D eigenvalue weighted by atomic mass is 32.1. The van der Waals surface area contributed by atoms with Gasteiger partial charge in [0.25, 0.3) is 0 Å². The second kappa shape index (κ2) is 6.36. The Morgan fingerprint density at radius 1 is 1.30 bits per heavy atom. The van der Waals surface area contributed by atoms with Crippen molar-refractivity contribution in [2.75, 3.05) is 11.9 Å². The molecule has 2 amide bonds. The number of thiophene rings is 1. The number of hydrogen-bond acceptors (Lipinski definition) is 4. The Hall–Kier alpha value is -2.12. The molecular formula is C13H14N2O4S. The van der Waals surface area contributed by atoms with Gasteiger partial charge in [0.2, 0.25) is 0 Å². The van der Waals surface area contributed by atoms with Crippen LogP contribution >= 0.6 is 11.3 Å². The first kappa shape index (κ1) is 14.3. The SMILES string of the molecule is O=C(NCC[C@H](O)C(=O)O)Nc1ccc2sccc2c1. The summed E-state index contributed by atoms with van der Waals surface area (Å²) in [6, 6.07) is 7.11. The third-order valence-electron chi connectivity index (χ3n) is 2.70. The molecule has 2 rings (SSSR count). The van der Waals surface area contributed by atoms with Crippen LogP contribution < -0.4 is 10.6 Å². The summed E-state index contributed by atoms with van der Waals surface area (Å²) in [4.78, 5) is 22.0. The van der Waals surface area contributed by atoms with E-state index < -0.39 is 18.1 Å². The number of amides is 2. The van der Waals surface area contributed by atoms with E-state index in [0.29, 0.717) is 5.69 Å². The predicted octanol–water partition coefficient (Wildman–Crippen LogP) is 1.86. The van der Waals surface area contributed by atoms with Crippen molar-refractivity contribution in [2.45, 2.75) is 12.5 Å². The number of aliphatic carboxylic acids is 1. The van der Waals surface area contributed by atoms with Gasteiger partial charge >= 0.3 is 12.0 Å². The van der Waals surface area contributed by atoms with Gasteiger partial charge in [0.05, 0.1) is 0 Å². The Kier molecular flexibility index (Phi) is 4.54. The number of hydrogen-bond donors (Lipinski definition) is 4. The smallest absolute Gasteiger partial charge is 0.332 e. The molecule has 0 saturated carbocycles. The van der Waals surface area contributed by atoms with E-state index in [1.54, 1.807) is 17.4 Å². The third kappa shape index (κ3) is 3.69. The van der Waals surface area contributed by atoms with Crippen molar-refractivity contribution in [1.29, 1.82) is 0 Å². The quantitative estimate of drug-likeness (QED) is 0.676. The van der Waals surface area contributed by atoms with Crippen molar-refractivity contribution in [3.63, 3.8) is 0 Å². The van der Waals surface area contributed by atoms with Gasteiger partial charge in [0.15, 0.2) is 6.10 Å². The molecule has 7 heteroatoms. The van der Waals surface area contributed by atoms with Gasteiger partial charge in [-0.05, 0) is 35.0 Å². The lowest BCUT2D eigenvalue weighted by Crippen LogP contribution is -2.33. The molecule has 0 radical (unpaired) electrons. The third-order valence-corrected chi connectivity index (χ3v) is 3.60. The molecule has 0 bridgehead atoms. The van der Waals surface area contributed by atoms with Crippen LogP contribution in [-0.4, -0.2) is 34.9 Å². The number of rotatable bonds is 5. The van der Waals surface area contributed by atoms with Crippen LogP contribution in [-0.2, 0) is 4.79 Å². The van der Waals surface area contributed by atoms with E-state index in [4.69, 9.17) is 10.2 Å². The Morgan fingerprint density at radius 3 is 2.85 bits per heavy atom. The van der Waals surface area contributed by atoms with E-state index in [2.05, 4.69) is 10.6 Å². The number of carboxylic acids is 1. The molecule has 106 valence electrons. The Bertz CT molecular complexity index is 626. The van der Waals surface area contributed by atoms with Gasteiger partial charge in [0.1, 0.15) is 0 Å². The first-order valence-corrected chi connectivity index (χ1v) is 6.87. The Labute approximate surface area is 119 Å². The molecule has 6 nitrogen and oxygen atoms in total. The topological polar surface area (TPSA) is 98.7 Å². The van der Waals surface area contributed by atoms with Crippen LogP contribution in [0.25, 0.3) is 10.1 Å². The van der Waals surface area contributed by atoms with E-state index in [1.807, 2.05) is 23.6 Å². The van der Waals surface area contributed by atoms with E-state index in [0.717, 1.165) is 10.1 Å². The highest BCUT2D eigenvalue weighted by Crippen LogP contribution is 2.23. The van der Waals surface area contributed by atoms with Crippen LogP contribution in [0.2, 0.25) is 0 Å². The fourth-order valence-corrected chi connectivity index (χ4v) is 2.44. The highest BCUT2D eigenvalue weighted by molar-refractivity contribution is 7.17. The summed E-state index contributed by atoms with van der Waals surface area (Å²) in [5.41, 5.74) is 0.659. The minimum atomic E-state index is -1.46. The summed E-state index contributed by atoms with van der Waals surface area (Å²) in [5.74, 6) is -1.30. The lowest BCUT2D eigenvalue weighted by Gasteiger charge is -2.09. The normalized spacial score (nSPS) is 12.1. The number of carbonyl (C=O) groups excluding carboxylic acids is 1. The van der Waals surface area contributed by atoms with Crippen LogP contribution in [0.3, 0.4) is 0 Å². The number of aliphatic hydroxyl groups excluding tert-OH is 1. The number of aliphatic hydroxyl groups is 1. The van der Waals surface area contributed by atoms with Crippen molar-refractivity contribution in [1.82, 2.24) is 5.32 Å². The van der Waals surface area contributed by atoms with E-state index in [9.17, 15) is 9.59 Å². The lowest BCUT2D eigenvalue weighted by atomic mass is 10.2. The van der Waals surface area contributed by atoms with Crippen molar-refractivity contribution in [2.24, 2.45) is 0 Å². The van der Waals surface area contributed by atoms with Crippen LogP contribution in [0.1, 0.15) is 6.42 Å². The molecule has 1 heterocycles. The maximum Gasteiger partial charge on any atom is 0.332 e. The number of carbonyl (C=O) groups is 2. The standard InChI is InChI=1S/C13H14N2O4S/c16-10(12(17)18)3-5-14-13(19)15-9-1-2-11-8(7-9)4-6-20-11/h1-2,4,6-7,10,16H,3,5H2,(H,17,18)(H2,14,15,19)/t10-/m0/s1. The second-order valence-corrected chi connectivity index (χ2v) is 5.14. The van der Waals surface area contributed by atoms with Gasteiger partial charge in [0, 0.05) is 23.4 Å². The summed E-state index contributed by atoms with van der Waals surface area (Å²) in [7, 11) is 0. The van der Waals surface area contributed by atoms with E-state index in [1.165, 1.54) is 0 Å². The Balaban J connectivity index is 1.83. The highest BCUT2D eigenvalue weighted by Gasteiger charge is 2.12. The fraction of sp³-hybridized carbons (Fsp3) is 0.231. The van der Waals surface area contributed by atoms with Gasteiger partial charge in [-0.1, -0.05) is 0 Å². The molecule has 0 fully saturated rings. The molecule has 2 aromatic rings. The van der Waals surface area contributed by atoms with Gasteiger partial charge in [-0.25, -0.2) is 9.59 Å². The number of nitrogens with one attached hydrogen (secondary N) is 2. The average molecular weight is 294 g/mol. The zero-order chi connectivity index (χ0) is 14.5. The zero-order valence-corrected chi connectivity index (χ0v) is 11.3. The lowest BCUT2D eigenvalue weighted by molar-refractivity contribution is -0.146. The van der Waals surface area contributed by atoms with Crippen LogP contribution in [0, 0.1) is 0 Å². The first-order chi connectivity index (χ1) is 9.56. The molecule has 0 saturated heterocycles. The molecule has 1 aromatic heterocycles. The molecule has 0 aliphatic heterocycles. The van der Waals surface area contributed by atoms with E-state index in [-0.39, 0.29) is 13.0 Å². The average Bonchev–Trinajstić information content (AvgIpc) is 2.85. The minimum absolute atomic E-state index is 0.0354. The van der Waals surface area contributed by atoms with Crippen LogP contribution in [0.4, 0.5) is 10.5 Å². The summed E-state index contributed by atoms with van der Waals surface area (Å²) >= 11 is 1.62. The molecule has 0 aliphatic rings. The van der Waals surface area contributed by atoms with Crippen molar-refractivity contribution < 1.29 is 19.8 Å². The predicted molar refractivity (Wildman–Crippen MR) is 77.1 cm³/mol. The molecule has 0 spiro atoms. The zero-order valence-electron chi connectivity index (χ0n) is 10.5. The molecule has 0 aliphatic carbocycles.